The summed E-state index contributed by atoms with van der Waals surface area (Å²) in [7, 11) is -2.01. The number of carbonyl (C=O) groups excluding carboxylic acids is 1. The van der Waals surface area contributed by atoms with Gasteiger partial charge in [-0.25, -0.2) is 13.1 Å². The van der Waals surface area contributed by atoms with Gasteiger partial charge in [0.15, 0.2) is 0 Å². The third-order valence-electron chi connectivity index (χ3n) is 3.04. The van der Waals surface area contributed by atoms with Crippen molar-refractivity contribution >= 4 is 27.3 Å². The first-order chi connectivity index (χ1) is 9.03. The van der Waals surface area contributed by atoms with Crippen LogP contribution in [0.4, 0.5) is 0 Å². The van der Waals surface area contributed by atoms with Gasteiger partial charge in [0.1, 0.15) is 4.21 Å². The molecule has 1 aromatic rings. The molecule has 1 aromatic heterocycles. The van der Waals surface area contributed by atoms with Crippen LogP contribution in [0.3, 0.4) is 0 Å². The number of nitrogens with one attached hydrogen (secondary N) is 3. The Balaban J connectivity index is 1.92. The Bertz CT molecular complexity index is 547. The number of carbonyl (C=O) groups is 1. The van der Waals surface area contributed by atoms with Crippen molar-refractivity contribution in [2.24, 2.45) is 5.92 Å². The van der Waals surface area contributed by atoms with E-state index in [4.69, 9.17) is 0 Å². The van der Waals surface area contributed by atoms with Gasteiger partial charge >= 0.3 is 0 Å². The fourth-order valence-corrected chi connectivity index (χ4v) is 4.03. The van der Waals surface area contributed by atoms with Gasteiger partial charge in [0.25, 0.3) is 0 Å². The van der Waals surface area contributed by atoms with E-state index in [2.05, 4.69) is 15.4 Å². The Hall–Kier alpha value is -0.960. The topological polar surface area (TPSA) is 87.3 Å². The van der Waals surface area contributed by atoms with Crippen molar-refractivity contribution in [1.29, 1.82) is 0 Å². The van der Waals surface area contributed by atoms with E-state index in [0.29, 0.717) is 6.54 Å². The second kappa shape index (κ2) is 6.00. The normalized spacial score (nSPS) is 19.5. The van der Waals surface area contributed by atoms with Crippen LogP contribution in [0.15, 0.2) is 16.3 Å². The maximum Gasteiger partial charge on any atom is 0.249 e. The van der Waals surface area contributed by atoms with Crippen LogP contribution in [0, 0.1) is 5.92 Å². The Morgan fingerprint density at radius 2 is 2.32 bits per heavy atom. The highest BCUT2D eigenvalue weighted by Crippen LogP contribution is 2.21. The third-order valence-corrected chi connectivity index (χ3v) is 6.03. The van der Waals surface area contributed by atoms with Crippen molar-refractivity contribution in [3.8, 4) is 0 Å². The van der Waals surface area contributed by atoms with Crippen molar-refractivity contribution in [3.63, 3.8) is 0 Å². The molecule has 2 heterocycles. The maximum absolute atomic E-state index is 11.8. The molecule has 8 heteroatoms. The molecule has 1 amide bonds. The summed E-state index contributed by atoms with van der Waals surface area (Å²) in [5.74, 6) is 0.0527. The van der Waals surface area contributed by atoms with Gasteiger partial charge in [-0.2, -0.15) is 0 Å². The minimum absolute atomic E-state index is 0.0245. The maximum atomic E-state index is 11.8. The van der Waals surface area contributed by atoms with E-state index in [1.807, 2.05) is 0 Å². The van der Waals surface area contributed by atoms with Crippen molar-refractivity contribution in [2.75, 3.05) is 20.1 Å². The van der Waals surface area contributed by atoms with E-state index in [-0.39, 0.29) is 16.0 Å². The van der Waals surface area contributed by atoms with Crippen molar-refractivity contribution in [3.05, 3.63) is 17.0 Å². The first-order valence-electron chi connectivity index (χ1n) is 6.03. The summed E-state index contributed by atoms with van der Waals surface area (Å²) >= 11 is 1.17. The van der Waals surface area contributed by atoms with Crippen LogP contribution >= 0.6 is 11.3 Å². The summed E-state index contributed by atoms with van der Waals surface area (Å²) in [5, 5.41) is 5.98. The van der Waals surface area contributed by atoms with Gasteiger partial charge in [-0.1, -0.05) is 0 Å². The zero-order valence-electron chi connectivity index (χ0n) is 10.6. The molecule has 6 nitrogen and oxygen atoms in total. The molecule has 0 bridgehead atoms. The Kier molecular flexibility index (Phi) is 4.56. The minimum atomic E-state index is -3.39. The lowest BCUT2D eigenvalue weighted by atomic mass is 10.1. The summed E-state index contributed by atoms with van der Waals surface area (Å²) in [6.45, 7) is 1.97. The lowest BCUT2D eigenvalue weighted by Crippen LogP contribution is -2.31. The smallest absolute Gasteiger partial charge is 0.249 e. The van der Waals surface area contributed by atoms with E-state index in [0.717, 1.165) is 24.4 Å². The number of thiophene rings is 1. The van der Waals surface area contributed by atoms with E-state index >= 15 is 0 Å². The molecule has 0 saturated carbocycles. The molecule has 1 atom stereocenters. The van der Waals surface area contributed by atoms with E-state index in [9.17, 15) is 13.2 Å². The molecule has 0 aromatic carbocycles. The van der Waals surface area contributed by atoms with Crippen LogP contribution in [0.2, 0.25) is 0 Å². The Labute approximate surface area is 116 Å². The molecule has 1 unspecified atom stereocenters. The predicted molar refractivity (Wildman–Crippen MR) is 73.4 cm³/mol. The summed E-state index contributed by atoms with van der Waals surface area (Å²) in [4.78, 5) is 12.6. The molecule has 1 fully saturated rings. The van der Waals surface area contributed by atoms with Crippen LogP contribution in [-0.2, 0) is 21.4 Å². The molecule has 3 N–H and O–H groups in total. The minimum Gasteiger partial charge on any atom is -0.351 e. The average molecular weight is 303 g/mol. The van der Waals surface area contributed by atoms with E-state index < -0.39 is 10.0 Å². The van der Waals surface area contributed by atoms with Crippen LogP contribution in [0.5, 0.6) is 0 Å². The van der Waals surface area contributed by atoms with Gasteiger partial charge < -0.3 is 10.6 Å². The molecular weight excluding hydrogens is 286 g/mol. The van der Waals surface area contributed by atoms with Crippen molar-refractivity contribution in [1.82, 2.24) is 15.4 Å². The van der Waals surface area contributed by atoms with Crippen LogP contribution in [-0.4, -0.2) is 34.5 Å². The molecule has 1 aliphatic heterocycles. The van der Waals surface area contributed by atoms with Gasteiger partial charge in [0.05, 0.1) is 12.5 Å². The quantitative estimate of drug-likeness (QED) is 0.708. The molecule has 2 rings (SSSR count). The number of amides is 1. The lowest BCUT2D eigenvalue weighted by molar-refractivity contribution is -0.124. The first kappa shape index (κ1) is 14.4. The summed E-state index contributed by atoms with van der Waals surface area (Å²) in [6.07, 6.45) is 0.857. The second-order valence-corrected chi connectivity index (χ2v) is 7.62. The highest BCUT2D eigenvalue weighted by Gasteiger charge is 2.22. The Morgan fingerprint density at radius 1 is 1.53 bits per heavy atom. The van der Waals surface area contributed by atoms with Crippen LogP contribution in [0.25, 0.3) is 0 Å². The predicted octanol–water partition coefficient (Wildman–Crippen LogP) is -0.118. The van der Waals surface area contributed by atoms with Crippen molar-refractivity contribution in [2.45, 2.75) is 17.2 Å². The number of hydrogen-bond acceptors (Lipinski definition) is 5. The highest BCUT2D eigenvalue weighted by atomic mass is 32.2. The van der Waals surface area contributed by atoms with Gasteiger partial charge in [0, 0.05) is 11.4 Å². The monoisotopic (exact) mass is 303 g/mol. The van der Waals surface area contributed by atoms with Gasteiger partial charge in [0.2, 0.25) is 15.9 Å². The first-order valence-corrected chi connectivity index (χ1v) is 8.33. The number of rotatable bonds is 5. The summed E-state index contributed by atoms with van der Waals surface area (Å²) in [5.41, 5.74) is 0. The fourth-order valence-electron chi connectivity index (χ4n) is 1.90. The summed E-state index contributed by atoms with van der Waals surface area (Å²) in [6, 6.07) is 3.27. The standard InChI is InChI=1S/C11H17N3O3S2/c1-12-19(16,17)10-3-2-9(18-10)7-14-11(15)8-4-5-13-6-8/h2-3,8,12-13H,4-7H2,1H3,(H,14,15). The van der Waals surface area contributed by atoms with Crippen LogP contribution < -0.4 is 15.4 Å². The zero-order valence-corrected chi connectivity index (χ0v) is 12.2. The molecular formula is C11H17N3O3S2. The second-order valence-electron chi connectivity index (χ2n) is 4.34. The Morgan fingerprint density at radius 3 is 2.95 bits per heavy atom. The van der Waals surface area contributed by atoms with Crippen LogP contribution in [0.1, 0.15) is 11.3 Å². The molecule has 0 radical (unpaired) electrons. The van der Waals surface area contributed by atoms with Gasteiger partial charge in [-0.05, 0) is 32.1 Å². The van der Waals surface area contributed by atoms with E-state index in [1.54, 1.807) is 12.1 Å². The van der Waals surface area contributed by atoms with Gasteiger partial charge in [-0.15, -0.1) is 11.3 Å². The summed E-state index contributed by atoms with van der Waals surface area (Å²) < 4.78 is 25.7. The number of sulfonamides is 1. The lowest BCUT2D eigenvalue weighted by Gasteiger charge is -2.08. The molecule has 106 valence electrons. The molecule has 1 aliphatic rings. The SMILES string of the molecule is CNS(=O)(=O)c1ccc(CNC(=O)C2CCNC2)s1. The third kappa shape index (κ3) is 3.53. The molecule has 0 aliphatic carbocycles. The molecule has 1 saturated heterocycles. The largest absolute Gasteiger partial charge is 0.351 e. The molecule has 0 spiro atoms. The fraction of sp³-hybridized carbons (Fsp3) is 0.545. The molecule has 19 heavy (non-hydrogen) atoms. The van der Waals surface area contributed by atoms with Gasteiger partial charge in [-0.3, -0.25) is 4.79 Å². The number of hydrogen-bond donors (Lipinski definition) is 3. The van der Waals surface area contributed by atoms with E-state index in [1.165, 1.54) is 18.4 Å². The highest BCUT2D eigenvalue weighted by molar-refractivity contribution is 7.91. The van der Waals surface area contributed by atoms with Crippen molar-refractivity contribution < 1.29 is 13.2 Å². The zero-order chi connectivity index (χ0) is 13.9. The average Bonchev–Trinajstić information content (AvgIpc) is 3.07.